The van der Waals surface area contributed by atoms with Crippen molar-refractivity contribution in [3.05, 3.63) is 65.5 Å². The molecule has 1 fully saturated rings. The van der Waals surface area contributed by atoms with Crippen molar-refractivity contribution in [2.45, 2.75) is 19.3 Å². The summed E-state index contributed by atoms with van der Waals surface area (Å²) >= 11 is 0. The van der Waals surface area contributed by atoms with Crippen LogP contribution in [0, 0.1) is 0 Å². The molecule has 1 aromatic carbocycles. The normalized spacial score (nSPS) is 16.6. The lowest BCUT2D eigenvalue weighted by Crippen LogP contribution is -2.49. The highest BCUT2D eigenvalue weighted by Crippen LogP contribution is 2.31. The van der Waals surface area contributed by atoms with E-state index in [0.717, 1.165) is 73.4 Å². The molecule has 1 saturated heterocycles. The molecule has 2 aromatic heterocycles. The van der Waals surface area contributed by atoms with Crippen LogP contribution in [-0.4, -0.2) is 47.0 Å². The highest BCUT2D eigenvalue weighted by molar-refractivity contribution is 6.08. The van der Waals surface area contributed by atoms with Crippen molar-refractivity contribution >= 4 is 22.6 Å². The summed E-state index contributed by atoms with van der Waals surface area (Å²) in [5.74, 6) is 1.15. The average Bonchev–Trinajstić information content (AvgIpc) is 3.20. The number of carbonyl (C=O) groups is 1. The van der Waals surface area contributed by atoms with E-state index < -0.39 is 0 Å². The highest BCUT2D eigenvalue weighted by Gasteiger charge is 2.29. The molecule has 2 aliphatic rings. The molecule has 136 valence electrons. The Morgan fingerprint density at radius 2 is 1.74 bits per heavy atom. The third kappa shape index (κ3) is 2.83. The number of carbonyl (C=O) groups excluding carboxylic acids is 1. The van der Waals surface area contributed by atoms with E-state index in [9.17, 15) is 4.79 Å². The summed E-state index contributed by atoms with van der Waals surface area (Å²) in [6, 6.07) is 14.0. The summed E-state index contributed by atoms with van der Waals surface area (Å²) in [6.45, 7) is 3.07. The van der Waals surface area contributed by atoms with Crippen LogP contribution in [0.5, 0.6) is 0 Å². The molecule has 1 aliphatic heterocycles. The molecule has 0 unspecified atom stereocenters. The first kappa shape index (κ1) is 16.2. The SMILES string of the molecule is O=C(c1c2c(nc3ccccc13)CCC2)N1CCN(c2ccccn2)CC1. The van der Waals surface area contributed by atoms with Gasteiger partial charge in [-0.1, -0.05) is 24.3 Å². The standard InChI is InChI=1S/C22H22N4O/c27-22(26-14-12-25(13-15-26)20-10-3-4-11-23-20)21-16-6-1-2-8-18(16)24-19-9-5-7-17(19)21/h1-4,6,8,10-11H,5,7,9,12-15H2. The topological polar surface area (TPSA) is 49.3 Å². The van der Waals surface area contributed by atoms with Gasteiger partial charge in [-0.05, 0) is 43.0 Å². The molecule has 5 heteroatoms. The summed E-state index contributed by atoms with van der Waals surface area (Å²) in [5.41, 5.74) is 4.11. The maximum absolute atomic E-state index is 13.5. The van der Waals surface area contributed by atoms with E-state index in [1.165, 1.54) is 5.56 Å². The zero-order valence-electron chi connectivity index (χ0n) is 15.3. The van der Waals surface area contributed by atoms with Crippen LogP contribution in [-0.2, 0) is 12.8 Å². The molecule has 0 saturated carbocycles. The Kier molecular flexibility index (Phi) is 4.00. The summed E-state index contributed by atoms with van der Waals surface area (Å²) in [6.07, 6.45) is 4.85. The van der Waals surface area contributed by atoms with Crippen LogP contribution in [0.1, 0.15) is 28.0 Å². The second-order valence-corrected chi connectivity index (χ2v) is 7.25. The predicted octanol–water partition coefficient (Wildman–Crippen LogP) is 3.08. The van der Waals surface area contributed by atoms with Crippen LogP contribution in [0.2, 0.25) is 0 Å². The molecule has 0 bridgehead atoms. The smallest absolute Gasteiger partial charge is 0.255 e. The summed E-state index contributed by atoms with van der Waals surface area (Å²) in [5, 5.41) is 0.996. The number of para-hydroxylation sites is 1. The molecular formula is C22H22N4O. The van der Waals surface area contributed by atoms with Crippen molar-refractivity contribution < 1.29 is 4.79 Å². The van der Waals surface area contributed by atoms with Crippen molar-refractivity contribution in [1.29, 1.82) is 0 Å². The summed E-state index contributed by atoms with van der Waals surface area (Å²) in [7, 11) is 0. The molecule has 1 aliphatic carbocycles. The third-order valence-electron chi connectivity index (χ3n) is 5.67. The van der Waals surface area contributed by atoms with E-state index in [2.05, 4.69) is 9.88 Å². The molecule has 27 heavy (non-hydrogen) atoms. The van der Waals surface area contributed by atoms with Crippen LogP contribution in [0.25, 0.3) is 10.9 Å². The van der Waals surface area contributed by atoms with Gasteiger partial charge >= 0.3 is 0 Å². The Bertz CT molecular complexity index is 994. The van der Waals surface area contributed by atoms with Crippen molar-refractivity contribution in [2.75, 3.05) is 31.1 Å². The number of aryl methyl sites for hydroxylation is 1. The lowest BCUT2D eigenvalue weighted by atomic mass is 9.99. The van der Waals surface area contributed by atoms with Crippen LogP contribution >= 0.6 is 0 Å². The lowest BCUT2D eigenvalue weighted by Gasteiger charge is -2.35. The molecule has 1 amide bonds. The van der Waals surface area contributed by atoms with Crippen LogP contribution < -0.4 is 4.90 Å². The number of nitrogens with zero attached hydrogens (tertiary/aromatic N) is 4. The number of anilines is 1. The monoisotopic (exact) mass is 358 g/mol. The highest BCUT2D eigenvalue weighted by atomic mass is 16.2. The number of aromatic nitrogens is 2. The van der Waals surface area contributed by atoms with Gasteiger partial charge in [0.25, 0.3) is 5.91 Å². The number of amides is 1. The molecule has 0 spiro atoms. The molecule has 5 rings (SSSR count). The minimum atomic E-state index is 0.160. The van der Waals surface area contributed by atoms with E-state index >= 15 is 0 Å². The third-order valence-corrected chi connectivity index (χ3v) is 5.67. The Balaban J connectivity index is 1.44. The Labute approximate surface area is 158 Å². The second kappa shape index (κ2) is 6.65. The summed E-state index contributed by atoms with van der Waals surface area (Å²) in [4.78, 5) is 27.0. The molecule has 3 aromatic rings. The Morgan fingerprint density at radius 3 is 2.56 bits per heavy atom. The maximum Gasteiger partial charge on any atom is 0.255 e. The Hall–Kier alpha value is -2.95. The van der Waals surface area contributed by atoms with Gasteiger partial charge in [0.05, 0.1) is 11.1 Å². The number of hydrogen-bond acceptors (Lipinski definition) is 4. The van der Waals surface area contributed by atoms with Gasteiger partial charge in [-0.15, -0.1) is 0 Å². The van der Waals surface area contributed by atoms with Crippen molar-refractivity contribution in [3.63, 3.8) is 0 Å². The number of benzene rings is 1. The van der Waals surface area contributed by atoms with E-state index in [-0.39, 0.29) is 5.91 Å². The van der Waals surface area contributed by atoms with Crippen LogP contribution in [0.3, 0.4) is 0 Å². The van der Waals surface area contributed by atoms with Gasteiger partial charge in [0.15, 0.2) is 0 Å². The van der Waals surface area contributed by atoms with E-state index in [1.54, 1.807) is 0 Å². The van der Waals surface area contributed by atoms with Gasteiger partial charge in [0.2, 0.25) is 0 Å². The van der Waals surface area contributed by atoms with E-state index in [4.69, 9.17) is 4.98 Å². The predicted molar refractivity (Wildman–Crippen MR) is 106 cm³/mol. The summed E-state index contributed by atoms with van der Waals surface area (Å²) < 4.78 is 0. The van der Waals surface area contributed by atoms with E-state index in [0.29, 0.717) is 0 Å². The van der Waals surface area contributed by atoms with Crippen molar-refractivity contribution in [2.24, 2.45) is 0 Å². The minimum Gasteiger partial charge on any atom is -0.353 e. The lowest BCUT2D eigenvalue weighted by molar-refractivity contribution is 0.0747. The number of pyridine rings is 2. The first-order valence-electron chi connectivity index (χ1n) is 9.67. The quantitative estimate of drug-likeness (QED) is 0.706. The molecule has 3 heterocycles. The number of hydrogen-bond donors (Lipinski definition) is 0. The van der Waals surface area contributed by atoms with Crippen LogP contribution in [0.15, 0.2) is 48.7 Å². The zero-order chi connectivity index (χ0) is 18.2. The van der Waals surface area contributed by atoms with Gasteiger partial charge in [-0.25, -0.2) is 4.98 Å². The average molecular weight is 358 g/mol. The largest absolute Gasteiger partial charge is 0.353 e. The number of rotatable bonds is 2. The fourth-order valence-electron chi connectivity index (χ4n) is 4.29. The molecule has 0 atom stereocenters. The van der Waals surface area contributed by atoms with Crippen molar-refractivity contribution in [3.8, 4) is 0 Å². The Morgan fingerprint density at radius 1 is 0.926 bits per heavy atom. The molecular weight excluding hydrogens is 336 g/mol. The first-order chi connectivity index (χ1) is 13.3. The van der Waals surface area contributed by atoms with Gasteiger partial charge < -0.3 is 9.80 Å². The zero-order valence-corrected chi connectivity index (χ0v) is 15.3. The fraction of sp³-hybridized carbons (Fsp3) is 0.318. The molecule has 0 N–H and O–H groups in total. The molecule has 0 radical (unpaired) electrons. The molecule has 5 nitrogen and oxygen atoms in total. The van der Waals surface area contributed by atoms with Crippen LogP contribution in [0.4, 0.5) is 5.82 Å². The van der Waals surface area contributed by atoms with Gasteiger partial charge in [-0.2, -0.15) is 0 Å². The second-order valence-electron chi connectivity index (χ2n) is 7.25. The first-order valence-corrected chi connectivity index (χ1v) is 9.67. The fourth-order valence-corrected chi connectivity index (χ4v) is 4.29. The number of piperazine rings is 1. The van der Waals surface area contributed by atoms with E-state index in [1.807, 2.05) is 53.6 Å². The number of fused-ring (bicyclic) bond motifs is 2. The van der Waals surface area contributed by atoms with Gasteiger partial charge in [0, 0.05) is 43.5 Å². The maximum atomic E-state index is 13.5. The van der Waals surface area contributed by atoms with Crippen molar-refractivity contribution in [1.82, 2.24) is 14.9 Å². The van der Waals surface area contributed by atoms with Gasteiger partial charge in [0.1, 0.15) is 5.82 Å². The van der Waals surface area contributed by atoms with Gasteiger partial charge in [-0.3, -0.25) is 9.78 Å². The minimum absolute atomic E-state index is 0.160.